The third kappa shape index (κ3) is 2.71. The highest BCUT2D eigenvalue weighted by molar-refractivity contribution is 5.45. The quantitative estimate of drug-likeness (QED) is 0.375. The molecule has 0 aliphatic heterocycles. The van der Waals surface area contributed by atoms with Crippen LogP contribution in [0.4, 0.5) is 23.2 Å². The molecule has 0 spiro atoms. The topological polar surface area (TPSA) is 24.9 Å². The van der Waals surface area contributed by atoms with Crippen LogP contribution < -0.4 is 5.32 Å². The maximum absolute atomic E-state index is 13.0. The number of rotatable bonds is 4. The lowest BCUT2D eigenvalue weighted by Crippen LogP contribution is -2.10. The van der Waals surface area contributed by atoms with Crippen LogP contribution >= 0.6 is 0 Å². The zero-order chi connectivity index (χ0) is 12.1. The van der Waals surface area contributed by atoms with Gasteiger partial charge in [0.15, 0.2) is 0 Å². The molecular formula is C10H10F4N2. The normalized spacial score (nSPS) is 11.1. The van der Waals surface area contributed by atoms with Crippen molar-refractivity contribution in [3.05, 3.63) is 35.7 Å². The summed E-state index contributed by atoms with van der Waals surface area (Å²) in [6.45, 7) is 1.95. The van der Waals surface area contributed by atoms with Crippen molar-refractivity contribution in [2.75, 3.05) is 11.9 Å². The Morgan fingerprint density at radius 2 is 1.69 bits per heavy atom. The van der Waals surface area contributed by atoms with E-state index in [9.17, 15) is 17.6 Å². The molecule has 1 heterocycles. The van der Waals surface area contributed by atoms with Gasteiger partial charge in [0, 0.05) is 6.54 Å². The Balaban J connectivity index is 2.86. The van der Waals surface area contributed by atoms with Gasteiger partial charge >= 0.3 is 0 Å². The summed E-state index contributed by atoms with van der Waals surface area (Å²) in [7, 11) is 0. The molecule has 1 aromatic rings. The van der Waals surface area contributed by atoms with Gasteiger partial charge in [-0.05, 0) is 13.3 Å². The average Bonchev–Trinajstić information content (AvgIpc) is 2.25. The molecule has 2 nitrogen and oxygen atoms in total. The molecular weight excluding hydrogens is 224 g/mol. The van der Waals surface area contributed by atoms with E-state index >= 15 is 0 Å². The van der Waals surface area contributed by atoms with Gasteiger partial charge in [-0.25, -0.2) is 0 Å². The molecule has 1 N–H and O–H groups in total. The van der Waals surface area contributed by atoms with Crippen LogP contribution in [0.25, 0.3) is 0 Å². The van der Waals surface area contributed by atoms with Crippen molar-refractivity contribution < 1.29 is 17.6 Å². The first-order chi connectivity index (χ1) is 7.57. The maximum Gasteiger partial charge on any atom is 0.253 e. The zero-order valence-corrected chi connectivity index (χ0v) is 8.53. The fourth-order valence-electron chi connectivity index (χ4n) is 1.09. The van der Waals surface area contributed by atoms with Crippen molar-refractivity contribution >= 4 is 5.69 Å². The molecule has 0 bridgehead atoms. The molecule has 1 rings (SSSR count). The molecule has 0 aromatic carbocycles. The van der Waals surface area contributed by atoms with Crippen LogP contribution in [-0.4, -0.2) is 11.5 Å². The van der Waals surface area contributed by atoms with Crippen molar-refractivity contribution in [3.63, 3.8) is 0 Å². The maximum atomic E-state index is 13.0. The Morgan fingerprint density at radius 1 is 1.12 bits per heavy atom. The first kappa shape index (κ1) is 12.5. The second-order valence-electron chi connectivity index (χ2n) is 2.98. The van der Waals surface area contributed by atoms with Gasteiger partial charge in [-0.2, -0.15) is 22.5 Å². The molecule has 0 amide bonds. The summed E-state index contributed by atoms with van der Waals surface area (Å²) in [4.78, 5) is 2.44. The fraction of sp³-hybridized carbons (Fsp3) is 0.300. The molecule has 0 unspecified atom stereocenters. The summed E-state index contributed by atoms with van der Waals surface area (Å²) >= 11 is 0. The standard InChI is InChI=1S/C10H10F4N2/c1-2-3-4-5-15-8-6(11)9(13)16-10(14)7(8)12/h2-3H,4-5H2,1H3,(H,15,16)/b3-2+. The second-order valence-corrected chi connectivity index (χ2v) is 2.98. The van der Waals surface area contributed by atoms with E-state index in [2.05, 4.69) is 10.3 Å². The first-order valence-electron chi connectivity index (χ1n) is 4.63. The monoisotopic (exact) mass is 234 g/mol. The summed E-state index contributed by atoms with van der Waals surface area (Å²) in [6.07, 6.45) is 3.99. The van der Waals surface area contributed by atoms with Gasteiger partial charge in [0.2, 0.25) is 11.6 Å². The third-order valence-electron chi connectivity index (χ3n) is 1.85. The minimum atomic E-state index is -1.66. The van der Waals surface area contributed by atoms with Crippen molar-refractivity contribution in [1.29, 1.82) is 0 Å². The Bertz CT molecular complexity index is 378. The van der Waals surface area contributed by atoms with Crippen LogP contribution in [0.1, 0.15) is 13.3 Å². The molecule has 0 fully saturated rings. The Hall–Kier alpha value is -1.59. The van der Waals surface area contributed by atoms with Gasteiger partial charge in [-0.3, -0.25) is 0 Å². The molecule has 88 valence electrons. The van der Waals surface area contributed by atoms with Crippen LogP contribution in [0, 0.1) is 23.5 Å². The minimum Gasteiger partial charge on any atom is -0.380 e. The number of hydrogen-bond acceptors (Lipinski definition) is 2. The number of hydrogen-bond donors (Lipinski definition) is 1. The summed E-state index contributed by atoms with van der Waals surface area (Å²) in [5, 5.41) is 2.28. The molecule has 0 atom stereocenters. The summed E-state index contributed by atoms with van der Waals surface area (Å²) < 4.78 is 51.4. The number of anilines is 1. The van der Waals surface area contributed by atoms with Crippen LogP contribution in [-0.2, 0) is 0 Å². The van der Waals surface area contributed by atoms with E-state index in [4.69, 9.17) is 0 Å². The predicted octanol–water partition coefficient (Wildman–Crippen LogP) is 3.02. The lowest BCUT2D eigenvalue weighted by atomic mass is 10.3. The lowest BCUT2D eigenvalue weighted by molar-refractivity contribution is 0.410. The van der Waals surface area contributed by atoms with E-state index in [0.29, 0.717) is 6.42 Å². The van der Waals surface area contributed by atoms with Gasteiger partial charge in [0.1, 0.15) is 5.69 Å². The largest absolute Gasteiger partial charge is 0.380 e. The highest BCUT2D eigenvalue weighted by atomic mass is 19.2. The van der Waals surface area contributed by atoms with Crippen LogP contribution in [0.2, 0.25) is 0 Å². The molecule has 0 saturated heterocycles. The average molecular weight is 234 g/mol. The molecule has 0 aliphatic carbocycles. The number of aromatic nitrogens is 1. The fourth-order valence-corrected chi connectivity index (χ4v) is 1.09. The first-order valence-corrected chi connectivity index (χ1v) is 4.63. The Morgan fingerprint density at radius 3 is 2.19 bits per heavy atom. The van der Waals surface area contributed by atoms with Crippen molar-refractivity contribution in [2.45, 2.75) is 13.3 Å². The van der Waals surface area contributed by atoms with Crippen LogP contribution in [0.5, 0.6) is 0 Å². The number of nitrogens with zero attached hydrogens (tertiary/aromatic N) is 1. The summed E-state index contributed by atoms with van der Waals surface area (Å²) in [6, 6.07) is 0. The third-order valence-corrected chi connectivity index (χ3v) is 1.85. The number of pyridine rings is 1. The second kappa shape index (κ2) is 5.48. The van der Waals surface area contributed by atoms with E-state index in [1.165, 1.54) is 0 Å². The molecule has 0 saturated carbocycles. The van der Waals surface area contributed by atoms with E-state index < -0.39 is 29.2 Å². The Kier molecular flexibility index (Phi) is 4.28. The van der Waals surface area contributed by atoms with Crippen LogP contribution in [0.15, 0.2) is 12.2 Å². The summed E-state index contributed by atoms with van der Waals surface area (Å²) in [5.74, 6) is -6.35. The van der Waals surface area contributed by atoms with Gasteiger partial charge in [-0.15, -0.1) is 0 Å². The summed E-state index contributed by atoms with van der Waals surface area (Å²) in [5.41, 5.74) is -0.825. The number of allylic oxidation sites excluding steroid dienone is 1. The minimum absolute atomic E-state index is 0.168. The van der Waals surface area contributed by atoms with E-state index in [1.807, 2.05) is 0 Å². The van der Waals surface area contributed by atoms with Gasteiger partial charge in [0.05, 0.1) is 0 Å². The lowest BCUT2D eigenvalue weighted by Gasteiger charge is -2.07. The molecule has 1 aromatic heterocycles. The molecule has 0 radical (unpaired) electrons. The van der Waals surface area contributed by atoms with E-state index in [1.54, 1.807) is 19.1 Å². The van der Waals surface area contributed by atoms with Gasteiger partial charge < -0.3 is 5.32 Å². The van der Waals surface area contributed by atoms with Crippen molar-refractivity contribution in [1.82, 2.24) is 4.98 Å². The van der Waals surface area contributed by atoms with E-state index in [-0.39, 0.29) is 6.54 Å². The number of halogens is 4. The Labute approximate surface area is 90.0 Å². The number of nitrogens with one attached hydrogen (secondary N) is 1. The molecule has 6 heteroatoms. The SMILES string of the molecule is C/C=C/CCNc1c(F)c(F)nc(F)c1F. The zero-order valence-electron chi connectivity index (χ0n) is 8.53. The van der Waals surface area contributed by atoms with Crippen LogP contribution in [0.3, 0.4) is 0 Å². The molecule has 0 aliphatic rings. The van der Waals surface area contributed by atoms with E-state index in [0.717, 1.165) is 0 Å². The smallest absolute Gasteiger partial charge is 0.253 e. The molecule has 16 heavy (non-hydrogen) atoms. The van der Waals surface area contributed by atoms with Gasteiger partial charge in [0.25, 0.3) is 11.9 Å². The highest BCUT2D eigenvalue weighted by Gasteiger charge is 2.19. The predicted molar refractivity (Wildman–Crippen MR) is 52.0 cm³/mol. The highest BCUT2D eigenvalue weighted by Crippen LogP contribution is 2.21. The van der Waals surface area contributed by atoms with Crippen molar-refractivity contribution in [3.8, 4) is 0 Å². The van der Waals surface area contributed by atoms with Gasteiger partial charge in [-0.1, -0.05) is 12.2 Å². The van der Waals surface area contributed by atoms with Crippen molar-refractivity contribution in [2.24, 2.45) is 0 Å².